The van der Waals surface area contributed by atoms with Crippen LogP contribution in [0.25, 0.3) is 0 Å². The Morgan fingerprint density at radius 1 is 1.53 bits per heavy atom. The molecule has 1 aromatic rings. The van der Waals surface area contributed by atoms with E-state index in [4.69, 9.17) is 11.0 Å². The first-order valence-corrected chi connectivity index (χ1v) is 4.33. The molecule has 0 saturated carbocycles. The summed E-state index contributed by atoms with van der Waals surface area (Å²) in [5.41, 5.74) is 6.89. The van der Waals surface area contributed by atoms with Crippen LogP contribution in [0.3, 0.4) is 0 Å². The van der Waals surface area contributed by atoms with Crippen molar-refractivity contribution in [1.82, 2.24) is 0 Å². The molecule has 0 unspecified atom stereocenters. The van der Waals surface area contributed by atoms with Crippen molar-refractivity contribution in [1.29, 1.82) is 5.26 Å². The van der Waals surface area contributed by atoms with Gasteiger partial charge in [-0.2, -0.15) is 5.26 Å². The molecule has 0 spiro atoms. The Labute approximate surface area is 86.7 Å². The zero-order valence-electron chi connectivity index (χ0n) is 8.24. The summed E-state index contributed by atoms with van der Waals surface area (Å²) in [5.74, 6) is 0. The van der Waals surface area contributed by atoms with Crippen LogP contribution >= 0.6 is 0 Å². The van der Waals surface area contributed by atoms with Gasteiger partial charge in [-0.1, -0.05) is 0 Å². The fraction of sp³-hybridized carbons (Fsp3) is 0.300. The minimum atomic E-state index is -2.41. The van der Waals surface area contributed by atoms with Crippen LogP contribution in [0.4, 0.5) is 20.2 Å². The van der Waals surface area contributed by atoms with Crippen LogP contribution < -0.4 is 10.6 Å². The molecule has 0 aliphatic rings. The molecule has 3 nitrogen and oxygen atoms in total. The van der Waals surface area contributed by atoms with Gasteiger partial charge in [0, 0.05) is 7.05 Å². The lowest BCUT2D eigenvalue weighted by Crippen LogP contribution is -2.24. The molecule has 0 aliphatic heterocycles. The quantitative estimate of drug-likeness (QED) is 0.776. The van der Waals surface area contributed by atoms with E-state index in [1.54, 1.807) is 12.1 Å². The lowest BCUT2D eigenvalue weighted by Gasteiger charge is -2.20. The SMILES string of the molecule is CN(CC(F)F)c1ccc(C#N)cc1N. The third-order valence-electron chi connectivity index (χ3n) is 1.98. The van der Waals surface area contributed by atoms with Gasteiger partial charge in [-0.15, -0.1) is 0 Å². The average molecular weight is 211 g/mol. The monoisotopic (exact) mass is 211 g/mol. The predicted octanol–water partition coefficient (Wildman–Crippen LogP) is 1.84. The first-order chi connectivity index (χ1) is 7.04. The molecule has 0 amide bonds. The van der Waals surface area contributed by atoms with Crippen molar-refractivity contribution >= 4 is 11.4 Å². The lowest BCUT2D eigenvalue weighted by molar-refractivity contribution is 0.156. The van der Waals surface area contributed by atoms with E-state index in [1.165, 1.54) is 18.0 Å². The summed E-state index contributed by atoms with van der Waals surface area (Å²) in [7, 11) is 1.53. The highest BCUT2D eigenvalue weighted by Gasteiger charge is 2.11. The van der Waals surface area contributed by atoms with E-state index in [-0.39, 0.29) is 6.54 Å². The number of benzene rings is 1. The number of nitrogens with two attached hydrogens (primary N) is 1. The molecule has 15 heavy (non-hydrogen) atoms. The number of nitrogen functional groups attached to an aromatic ring is 1. The highest BCUT2D eigenvalue weighted by molar-refractivity contribution is 5.69. The van der Waals surface area contributed by atoms with Gasteiger partial charge in [0.25, 0.3) is 6.43 Å². The lowest BCUT2D eigenvalue weighted by atomic mass is 10.2. The van der Waals surface area contributed by atoms with E-state index in [1.807, 2.05) is 6.07 Å². The molecular weight excluding hydrogens is 200 g/mol. The molecule has 80 valence electrons. The van der Waals surface area contributed by atoms with Crippen LogP contribution in [0, 0.1) is 11.3 Å². The average Bonchev–Trinajstić information content (AvgIpc) is 2.16. The molecule has 1 aromatic carbocycles. The Balaban J connectivity index is 2.91. The van der Waals surface area contributed by atoms with Gasteiger partial charge < -0.3 is 10.6 Å². The van der Waals surface area contributed by atoms with Crippen LogP contribution in [0.5, 0.6) is 0 Å². The van der Waals surface area contributed by atoms with E-state index < -0.39 is 6.43 Å². The number of alkyl halides is 2. The van der Waals surface area contributed by atoms with Crippen molar-refractivity contribution in [3.05, 3.63) is 23.8 Å². The second-order valence-electron chi connectivity index (χ2n) is 3.16. The first kappa shape index (κ1) is 11.2. The third kappa shape index (κ3) is 2.81. The molecule has 0 atom stereocenters. The Morgan fingerprint density at radius 3 is 2.67 bits per heavy atom. The van der Waals surface area contributed by atoms with Crippen molar-refractivity contribution in [2.24, 2.45) is 0 Å². The van der Waals surface area contributed by atoms with E-state index in [9.17, 15) is 8.78 Å². The molecular formula is C10H11F2N3. The second kappa shape index (κ2) is 4.60. The topological polar surface area (TPSA) is 53.0 Å². The highest BCUT2D eigenvalue weighted by atomic mass is 19.3. The van der Waals surface area contributed by atoms with Crippen LogP contribution in [0.15, 0.2) is 18.2 Å². The summed E-state index contributed by atoms with van der Waals surface area (Å²) in [4.78, 5) is 1.36. The smallest absolute Gasteiger partial charge is 0.255 e. The maximum atomic E-state index is 12.1. The maximum absolute atomic E-state index is 12.1. The fourth-order valence-corrected chi connectivity index (χ4v) is 1.28. The number of rotatable bonds is 3. The van der Waals surface area contributed by atoms with Crippen molar-refractivity contribution in [3.8, 4) is 6.07 Å². The number of anilines is 2. The van der Waals surface area contributed by atoms with Crippen LogP contribution in [0.1, 0.15) is 5.56 Å². The van der Waals surface area contributed by atoms with E-state index >= 15 is 0 Å². The van der Waals surface area contributed by atoms with Crippen molar-refractivity contribution in [3.63, 3.8) is 0 Å². The molecule has 0 saturated heterocycles. The van der Waals surface area contributed by atoms with Crippen LogP contribution in [0.2, 0.25) is 0 Å². The van der Waals surface area contributed by atoms with Crippen molar-refractivity contribution in [2.45, 2.75) is 6.43 Å². The summed E-state index contributed by atoms with van der Waals surface area (Å²) in [5, 5.41) is 8.60. The zero-order chi connectivity index (χ0) is 11.4. The van der Waals surface area contributed by atoms with E-state index in [2.05, 4.69) is 0 Å². The number of hydrogen-bond donors (Lipinski definition) is 1. The van der Waals surface area contributed by atoms with E-state index in [0.29, 0.717) is 16.9 Å². The molecule has 0 aromatic heterocycles. The van der Waals surface area contributed by atoms with Gasteiger partial charge in [0.2, 0.25) is 0 Å². The molecule has 1 rings (SSSR count). The van der Waals surface area contributed by atoms with E-state index in [0.717, 1.165) is 0 Å². The summed E-state index contributed by atoms with van der Waals surface area (Å²) < 4.78 is 24.2. The molecule has 0 aliphatic carbocycles. The minimum absolute atomic E-state index is 0.331. The van der Waals surface area contributed by atoms with Gasteiger partial charge in [-0.25, -0.2) is 8.78 Å². The Bertz CT molecular complexity index is 385. The van der Waals surface area contributed by atoms with Gasteiger partial charge in [0.15, 0.2) is 0 Å². The van der Waals surface area contributed by atoms with Crippen LogP contribution in [-0.4, -0.2) is 20.0 Å². The fourth-order valence-electron chi connectivity index (χ4n) is 1.28. The number of hydrogen-bond acceptors (Lipinski definition) is 3. The molecule has 0 heterocycles. The van der Waals surface area contributed by atoms with Gasteiger partial charge in [0.1, 0.15) is 0 Å². The van der Waals surface area contributed by atoms with Gasteiger partial charge in [-0.05, 0) is 18.2 Å². The zero-order valence-corrected chi connectivity index (χ0v) is 8.24. The first-order valence-electron chi connectivity index (χ1n) is 4.33. The standard InChI is InChI=1S/C10H11F2N3/c1-15(6-10(11)12)9-3-2-7(5-13)4-8(9)14/h2-4,10H,6,14H2,1H3. The molecule has 2 N–H and O–H groups in total. The Kier molecular flexibility index (Phi) is 3.45. The Hall–Kier alpha value is -1.83. The molecule has 5 heteroatoms. The van der Waals surface area contributed by atoms with Crippen molar-refractivity contribution < 1.29 is 8.78 Å². The maximum Gasteiger partial charge on any atom is 0.255 e. The predicted molar refractivity (Wildman–Crippen MR) is 54.8 cm³/mol. The Morgan fingerprint density at radius 2 is 2.20 bits per heavy atom. The molecule has 0 fully saturated rings. The number of halogens is 2. The third-order valence-corrected chi connectivity index (χ3v) is 1.98. The van der Waals surface area contributed by atoms with Gasteiger partial charge in [0.05, 0.1) is 29.6 Å². The van der Waals surface area contributed by atoms with Gasteiger partial charge >= 0.3 is 0 Å². The normalized spacial score (nSPS) is 10.1. The summed E-state index contributed by atoms with van der Waals surface area (Å²) >= 11 is 0. The van der Waals surface area contributed by atoms with Gasteiger partial charge in [-0.3, -0.25) is 0 Å². The largest absolute Gasteiger partial charge is 0.397 e. The molecule has 0 bridgehead atoms. The van der Waals surface area contributed by atoms with Crippen molar-refractivity contribution in [2.75, 3.05) is 24.2 Å². The summed E-state index contributed by atoms with van der Waals surface area (Å²) in [6, 6.07) is 6.51. The number of nitriles is 1. The number of nitrogens with zero attached hydrogens (tertiary/aromatic N) is 2. The minimum Gasteiger partial charge on any atom is -0.397 e. The molecule has 0 radical (unpaired) electrons. The second-order valence-corrected chi connectivity index (χ2v) is 3.16. The van der Waals surface area contributed by atoms with Crippen LogP contribution in [-0.2, 0) is 0 Å². The summed E-state index contributed by atoms with van der Waals surface area (Å²) in [6.07, 6.45) is -2.41. The summed E-state index contributed by atoms with van der Waals surface area (Å²) in [6.45, 7) is -0.379. The highest BCUT2D eigenvalue weighted by Crippen LogP contribution is 2.23.